The molecular formula is C26H24N8S. The molecule has 1 aliphatic heterocycles. The van der Waals surface area contributed by atoms with Gasteiger partial charge >= 0.3 is 0 Å². The number of piperazine rings is 1. The van der Waals surface area contributed by atoms with Crippen molar-refractivity contribution in [2.24, 2.45) is 0 Å². The van der Waals surface area contributed by atoms with Crippen LogP contribution in [0.3, 0.4) is 0 Å². The van der Waals surface area contributed by atoms with E-state index in [1.54, 1.807) is 12.4 Å². The van der Waals surface area contributed by atoms with E-state index in [4.69, 9.17) is 9.97 Å². The molecular weight excluding hydrogens is 456 g/mol. The molecule has 7 rings (SSSR count). The summed E-state index contributed by atoms with van der Waals surface area (Å²) in [4.78, 5) is 27.8. The second kappa shape index (κ2) is 8.42. The average molecular weight is 481 g/mol. The van der Waals surface area contributed by atoms with Gasteiger partial charge in [-0.1, -0.05) is 0 Å². The van der Waals surface area contributed by atoms with Crippen LogP contribution in [-0.2, 0) is 0 Å². The van der Waals surface area contributed by atoms with Crippen molar-refractivity contribution in [1.29, 1.82) is 0 Å². The lowest BCUT2D eigenvalue weighted by Gasteiger charge is -2.35. The van der Waals surface area contributed by atoms with E-state index in [2.05, 4.69) is 60.4 Å². The summed E-state index contributed by atoms with van der Waals surface area (Å²) >= 11 is 1.81. The number of hydrogen-bond acceptors (Lipinski definition) is 9. The second-order valence-electron chi connectivity index (χ2n) is 9.06. The van der Waals surface area contributed by atoms with Crippen LogP contribution in [0.25, 0.3) is 21.1 Å². The number of rotatable bonds is 5. The average Bonchev–Trinajstić information content (AvgIpc) is 3.68. The maximum absolute atomic E-state index is 5.05. The van der Waals surface area contributed by atoms with Crippen LogP contribution in [-0.4, -0.2) is 51.1 Å². The highest BCUT2D eigenvalue weighted by Gasteiger charge is 2.27. The van der Waals surface area contributed by atoms with Gasteiger partial charge in [-0.2, -0.15) is 0 Å². The van der Waals surface area contributed by atoms with Crippen molar-refractivity contribution in [2.45, 2.75) is 18.8 Å². The van der Waals surface area contributed by atoms with Gasteiger partial charge in [-0.15, -0.1) is 11.3 Å². The summed E-state index contributed by atoms with van der Waals surface area (Å²) in [6.07, 6.45) is 7.96. The molecule has 0 spiro atoms. The Morgan fingerprint density at radius 1 is 0.800 bits per heavy atom. The molecule has 5 aromatic rings. The number of aromatic nitrogens is 5. The summed E-state index contributed by atoms with van der Waals surface area (Å²) in [5.41, 5.74) is 3.03. The molecule has 9 heteroatoms. The standard InChI is InChI=1S/C26H24N8S/c1-3-19-21(27-8-1)16-23(33-11-13-34(14-12-33)26-28-9-2-10-29-26)32-24(19)30-18-6-7-20-22(15-18)35-25(31-20)17-4-5-17/h1-3,6-10,15-17H,4-5,11-14H2,(H,30,32). The lowest BCUT2D eigenvalue weighted by atomic mass is 10.2. The molecule has 2 aliphatic rings. The van der Waals surface area contributed by atoms with E-state index in [1.807, 2.05) is 29.7 Å². The number of benzene rings is 1. The van der Waals surface area contributed by atoms with Gasteiger partial charge in [0.15, 0.2) is 0 Å². The summed E-state index contributed by atoms with van der Waals surface area (Å²) in [7, 11) is 0. The lowest BCUT2D eigenvalue weighted by Crippen LogP contribution is -2.47. The molecule has 174 valence electrons. The van der Waals surface area contributed by atoms with Gasteiger partial charge in [-0.25, -0.2) is 19.9 Å². The fraction of sp³-hybridized carbons (Fsp3) is 0.269. The number of anilines is 4. The number of pyridine rings is 2. The van der Waals surface area contributed by atoms with Gasteiger partial charge in [0.1, 0.15) is 11.6 Å². The molecule has 4 aromatic heterocycles. The molecule has 35 heavy (non-hydrogen) atoms. The molecule has 1 saturated carbocycles. The van der Waals surface area contributed by atoms with E-state index in [1.165, 1.54) is 22.5 Å². The quantitative estimate of drug-likeness (QED) is 0.377. The largest absolute Gasteiger partial charge is 0.353 e. The predicted molar refractivity (Wildman–Crippen MR) is 141 cm³/mol. The highest BCUT2D eigenvalue weighted by molar-refractivity contribution is 7.18. The summed E-state index contributed by atoms with van der Waals surface area (Å²) in [6.45, 7) is 3.39. The first-order valence-corrected chi connectivity index (χ1v) is 12.8. The first-order chi connectivity index (χ1) is 17.3. The predicted octanol–water partition coefficient (Wildman–Crippen LogP) is 4.98. The van der Waals surface area contributed by atoms with Gasteiger partial charge in [0.2, 0.25) is 5.95 Å². The van der Waals surface area contributed by atoms with Gasteiger partial charge in [0.25, 0.3) is 0 Å². The first kappa shape index (κ1) is 20.5. The van der Waals surface area contributed by atoms with Crippen LogP contribution in [0.4, 0.5) is 23.3 Å². The number of nitrogens with one attached hydrogen (secondary N) is 1. The number of hydrogen-bond donors (Lipinski definition) is 1. The molecule has 0 amide bonds. The Hall–Kier alpha value is -3.85. The molecule has 1 aliphatic carbocycles. The molecule has 1 saturated heterocycles. The van der Waals surface area contributed by atoms with Gasteiger partial charge < -0.3 is 15.1 Å². The smallest absolute Gasteiger partial charge is 0.225 e. The third-order valence-electron chi connectivity index (χ3n) is 6.62. The third-order valence-corrected chi connectivity index (χ3v) is 7.80. The Labute approximate surface area is 206 Å². The monoisotopic (exact) mass is 480 g/mol. The van der Waals surface area contributed by atoms with Crippen LogP contribution in [0.2, 0.25) is 0 Å². The van der Waals surface area contributed by atoms with Gasteiger partial charge in [-0.3, -0.25) is 4.98 Å². The second-order valence-corrected chi connectivity index (χ2v) is 10.1. The third kappa shape index (κ3) is 4.01. The minimum absolute atomic E-state index is 0.672. The molecule has 5 heterocycles. The minimum Gasteiger partial charge on any atom is -0.353 e. The van der Waals surface area contributed by atoms with E-state index in [0.29, 0.717) is 5.92 Å². The highest BCUT2D eigenvalue weighted by atomic mass is 32.1. The van der Waals surface area contributed by atoms with E-state index < -0.39 is 0 Å². The number of nitrogens with zero attached hydrogens (tertiary/aromatic N) is 7. The van der Waals surface area contributed by atoms with E-state index >= 15 is 0 Å². The first-order valence-electron chi connectivity index (χ1n) is 12.0. The van der Waals surface area contributed by atoms with Gasteiger partial charge in [-0.05, 0) is 49.2 Å². The van der Waals surface area contributed by atoms with Crippen LogP contribution in [0.15, 0.2) is 61.1 Å². The van der Waals surface area contributed by atoms with Crippen LogP contribution in [0.5, 0.6) is 0 Å². The fourth-order valence-electron chi connectivity index (χ4n) is 4.57. The summed E-state index contributed by atoms with van der Waals surface area (Å²) < 4.78 is 1.22. The number of fused-ring (bicyclic) bond motifs is 2. The van der Waals surface area contributed by atoms with Gasteiger partial charge in [0.05, 0.1) is 20.7 Å². The zero-order valence-corrected chi connectivity index (χ0v) is 19.9. The van der Waals surface area contributed by atoms with E-state index in [-0.39, 0.29) is 0 Å². The summed E-state index contributed by atoms with van der Waals surface area (Å²) in [6, 6.07) is 14.4. The maximum Gasteiger partial charge on any atom is 0.225 e. The molecule has 1 N–H and O–H groups in total. The Bertz CT molecular complexity index is 1510. The van der Waals surface area contributed by atoms with Crippen LogP contribution < -0.4 is 15.1 Å². The molecule has 2 fully saturated rings. The zero-order valence-electron chi connectivity index (χ0n) is 19.1. The van der Waals surface area contributed by atoms with E-state index in [9.17, 15) is 0 Å². The molecule has 0 radical (unpaired) electrons. The van der Waals surface area contributed by atoms with Crippen molar-refractivity contribution in [3.63, 3.8) is 0 Å². The van der Waals surface area contributed by atoms with E-state index in [0.717, 1.165) is 65.9 Å². The fourth-order valence-corrected chi connectivity index (χ4v) is 5.75. The van der Waals surface area contributed by atoms with Crippen molar-refractivity contribution < 1.29 is 0 Å². The number of thiazole rings is 1. The maximum atomic E-state index is 5.05. The topological polar surface area (TPSA) is 83.0 Å². The van der Waals surface area contributed by atoms with Crippen molar-refractivity contribution in [3.05, 3.63) is 66.1 Å². The molecule has 0 bridgehead atoms. The highest BCUT2D eigenvalue weighted by Crippen LogP contribution is 2.43. The SMILES string of the molecule is c1cnc(N2CCN(c3cc4ncccc4c(Nc4ccc5nc(C6CC6)sc5c4)n3)CC2)nc1. The normalized spacial score (nSPS) is 16.2. The molecule has 0 unspecified atom stereocenters. The lowest BCUT2D eigenvalue weighted by molar-refractivity contribution is 0.635. The summed E-state index contributed by atoms with van der Waals surface area (Å²) in [5, 5.41) is 5.86. The van der Waals surface area contributed by atoms with Crippen molar-refractivity contribution >= 4 is 55.7 Å². The Morgan fingerprint density at radius 3 is 2.43 bits per heavy atom. The Morgan fingerprint density at radius 2 is 1.60 bits per heavy atom. The van der Waals surface area contributed by atoms with Crippen LogP contribution in [0.1, 0.15) is 23.8 Å². The van der Waals surface area contributed by atoms with Crippen LogP contribution in [0, 0.1) is 0 Å². The van der Waals surface area contributed by atoms with Crippen molar-refractivity contribution in [1.82, 2.24) is 24.9 Å². The molecule has 0 atom stereocenters. The van der Waals surface area contributed by atoms with Crippen molar-refractivity contribution in [3.8, 4) is 0 Å². The molecule has 8 nitrogen and oxygen atoms in total. The van der Waals surface area contributed by atoms with Gasteiger partial charge in [0, 0.05) is 67.8 Å². The minimum atomic E-state index is 0.672. The molecule has 1 aromatic carbocycles. The Kier molecular flexibility index (Phi) is 4.94. The zero-order chi connectivity index (χ0) is 23.2. The van der Waals surface area contributed by atoms with Crippen molar-refractivity contribution in [2.75, 3.05) is 41.3 Å². The Balaban J connectivity index is 1.17. The van der Waals surface area contributed by atoms with Crippen LogP contribution >= 0.6 is 11.3 Å². The summed E-state index contributed by atoms with van der Waals surface area (Å²) in [5.74, 6) is 3.21.